The van der Waals surface area contributed by atoms with Gasteiger partial charge in [0.2, 0.25) is 0 Å². The second-order valence-electron chi connectivity index (χ2n) is 5.06. The van der Waals surface area contributed by atoms with Gasteiger partial charge in [-0.15, -0.1) is 11.3 Å². The van der Waals surface area contributed by atoms with Crippen LogP contribution in [-0.2, 0) is 13.2 Å². The van der Waals surface area contributed by atoms with Crippen LogP contribution in [0.25, 0.3) is 0 Å². The summed E-state index contributed by atoms with van der Waals surface area (Å²) in [6.45, 7) is 0.559. The van der Waals surface area contributed by atoms with Crippen LogP contribution in [0.4, 0.5) is 4.39 Å². The molecule has 0 atom stereocenters. The number of aromatic nitrogens is 1. The molecular formula is C18H13BrFNO3S. The number of halogens is 2. The number of aldehydes is 1. The molecule has 128 valence electrons. The van der Waals surface area contributed by atoms with Crippen molar-refractivity contribution in [2.75, 3.05) is 0 Å². The molecule has 0 aliphatic carbocycles. The largest absolute Gasteiger partial charge is 0.487 e. The van der Waals surface area contributed by atoms with Crippen molar-refractivity contribution in [1.82, 2.24) is 4.98 Å². The van der Waals surface area contributed by atoms with Gasteiger partial charge in [0.25, 0.3) is 0 Å². The molecule has 0 saturated carbocycles. The van der Waals surface area contributed by atoms with Gasteiger partial charge in [-0.05, 0) is 42.5 Å². The van der Waals surface area contributed by atoms with Gasteiger partial charge in [-0.3, -0.25) is 4.79 Å². The van der Waals surface area contributed by atoms with E-state index in [1.165, 1.54) is 23.5 Å². The lowest BCUT2D eigenvalue weighted by Gasteiger charge is -2.07. The summed E-state index contributed by atoms with van der Waals surface area (Å²) >= 11 is 4.77. The van der Waals surface area contributed by atoms with Crippen LogP contribution in [0.5, 0.6) is 11.5 Å². The molecule has 0 aliphatic rings. The summed E-state index contributed by atoms with van der Waals surface area (Å²) in [5, 5.41) is 2.66. The summed E-state index contributed by atoms with van der Waals surface area (Å²) < 4.78 is 24.9. The quantitative estimate of drug-likeness (QED) is 0.502. The molecule has 0 saturated heterocycles. The normalized spacial score (nSPS) is 10.5. The summed E-state index contributed by atoms with van der Waals surface area (Å²) in [5.74, 6) is 0.791. The van der Waals surface area contributed by atoms with Gasteiger partial charge in [-0.2, -0.15) is 0 Å². The van der Waals surface area contributed by atoms with Gasteiger partial charge < -0.3 is 9.47 Å². The van der Waals surface area contributed by atoms with Gasteiger partial charge in [0.1, 0.15) is 35.5 Å². The Balaban J connectivity index is 1.56. The second-order valence-corrected chi connectivity index (χ2v) is 6.92. The Labute approximate surface area is 156 Å². The average Bonchev–Trinajstić information content (AvgIpc) is 3.08. The van der Waals surface area contributed by atoms with Crippen LogP contribution in [0.2, 0.25) is 0 Å². The fourth-order valence-electron chi connectivity index (χ4n) is 2.05. The minimum atomic E-state index is -0.302. The van der Waals surface area contributed by atoms with Crippen LogP contribution in [0.1, 0.15) is 21.1 Å². The number of hydrogen-bond donors (Lipinski definition) is 0. The standard InChI is InChI=1S/C18H13BrFNO3S/c19-13-1-6-17(12(7-13)8-22)24-9-15-11-25-18(21-15)10-23-16-4-2-14(20)3-5-16/h1-8,11H,9-10H2. The lowest BCUT2D eigenvalue weighted by Crippen LogP contribution is -2.00. The summed E-state index contributed by atoms with van der Waals surface area (Å²) in [7, 11) is 0. The zero-order valence-corrected chi connectivity index (χ0v) is 15.3. The van der Waals surface area contributed by atoms with E-state index in [0.717, 1.165) is 21.5 Å². The molecule has 2 aromatic carbocycles. The van der Waals surface area contributed by atoms with Crippen LogP contribution >= 0.6 is 27.3 Å². The van der Waals surface area contributed by atoms with Crippen molar-refractivity contribution < 1.29 is 18.7 Å². The molecule has 0 unspecified atom stereocenters. The highest BCUT2D eigenvalue weighted by Gasteiger charge is 2.07. The highest BCUT2D eigenvalue weighted by molar-refractivity contribution is 9.10. The first-order valence-corrected chi connectivity index (χ1v) is 9.00. The van der Waals surface area contributed by atoms with Crippen molar-refractivity contribution in [3.63, 3.8) is 0 Å². The summed E-state index contributed by atoms with van der Waals surface area (Å²) in [5.41, 5.74) is 1.23. The summed E-state index contributed by atoms with van der Waals surface area (Å²) in [6, 6.07) is 11.1. The minimum absolute atomic E-state index is 0.259. The SMILES string of the molecule is O=Cc1cc(Br)ccc1OCc1csc(COc2ccc(F)cc2)n1. The smallest absolute Gasteiger partial charge is 0.153 e. The van der Waals surface area contributed by atoms with E-state index < -0.39 is 0 Å². The topological polar surface area (TPSA) is 48.4 Å². The Hall–Kier alpha value is -2.25. The molecule has 1 heterocycles. The van der Waals surface area contributed by atoms with Gasteiger partial charge in [-0.25, -0.2) is 9.37 Å². The molecule has 0 fully saturated rings. The maximum absolute atomic E-state index is 12.8. The molecule has 4 nitrogen and oxygen atoms in total. The molecule has 0 N–H and O–H groups in total. The second kappa shape index (κ2) is 8.22. The van der Waals surface area contributed by atoms with E-state index in [9.17, 15) is 9.18 Å². The van der Waals surface area contributed by atoms with Crippen molar-refractivity contribution in [2.45, 2.75) is 13.2 Å². The zero-order valence-electron chi connectivity index (χ0n) is 12.9. The molecule has 0 spiro atoms. The zero-order chi connectivity index (χ0) is 17.6. The Kier molecular flexibility index (Phi) is 5.78. The summed E-state index contributed by atoms with van der Waals surface area (Å²) in [6.07, 6.45) is 0.753. The van der Waals surface area contributed by atoms with E-state index in [2.05, 4.69) is 20.9 Å². The molecule has 3 aromatic rings. The first-order valence-electron chi connectivity index (χ1n) is 7.33. The van der Waals surface area contributed by atoms with Crippen molar-refractivity contribution >= 4 is 33.6 Å². The van der Waals surface area contributed by atoms with Crippen LogP contribution < -0.4 is 9.47 Å². The third-order valence-electron chi connectivity index (χ3n) is 3.25. The van der Waals surface area contributed by atoms with E-state index in [1.807, 2.05) is 11.4 Å². The molecular weight excluding hydrogens is 409 g/mol. The van der Waals surface area contributed by atoms with E-state index in [1.54, 1.807) is 24.3 Å². The van der Waals surface area contributed by atoms with Gasteiger partial charge in [0.05, 0.1) is 11.3 Å². The maximum atomic E-state index is 12.8. The number of rotatable bonds is 7. The number of hydrogen-bond acceptors (Lipinski definition) is 5. The first kappa shape index (κ1) is 17.6. The third kappa shape index (κ3) is 4.87. The van der Waals surface area contributed by atoms with E-state index in [4.69, 9.17) is 9.47 Å². The Morgan fingerprint density at radius 2 is 1.92 bits per heavy atom. The fraction of sp³-hybridized carbons (Fsp3) is 0.111. The molecule has 0 amide bonds. The average molecular weight is 422 g/mol. The van der Waals surface area contributed by atoms with E-state index >= 15 is 0 Å². The van der Waals surface area contributed by atoms with Crippen molar-refractivity contribution in [3.05, 3.63) is 74.4 Å². The number of thiazole rings is 1. The van der Waals surface area contributed by atoms with E-state index in [-0.39, 0.29) is 12.4 Å². The van der Waals surface area contributed by atoms with Gasteiger partial charge >= 0.3 is 0 Å². The van der Waals surface area contributed by atoms with Crippen molar-refractivity contribution in [1.29, 1.82) is 0 Å². The van der Waals surface area contributed by atoms with Gasteiger partial charge in [0, 0.05) is 9.85 Å². The van der Waals surface area contributed by atoms with Crippen LogP contribution in [0.15, 0.2) is 52.3 Å². The number of nitrogens with zero attached hydrogens (tertiary/aromatic N) is 1. The fourth-order valence-corrected chi connectivity index (χ4v) is 3.12. The molecule has 7 heteroatoms. The predicted molar refractivity (Wildman–Crippen MR) is 96.7 cm³/mol. The molecule has 0 radical (unpaired) electrons. The summed E-state index contributed by atoms with van der Waals surface area (Å²) in [4.78, 5) is 15.5. The first-order chi connectivity index (χ1) is 12.1. The van der Waals surface area contributed by atoms with E-state index in [0.29, 0.717) is 23.7 Å². The van der Waals surface area contributed by atoms with Crippen molar-refractivity contribution in [2.24, 2.45) is 0 Å². The number of carbonyl (C=O) groups excluding carboxylic acids is 1. The van der Waals surface area contributed by atoms with Crippen LogP contribution in [-0.4, -0.2) is 11.3 Å². The Morgan fingerprint density at radius 1 is 1.12 bits per heavy atom. The molecule has 3 rings (SSSR count). The highest BCUT2D eigenvalue weighted by Crippen LogP contribution is 2.23. The maximum Gasteiger partial charge on any atom is 0.153 e. The number of benzene rings is 2. The lowest BCUT2D eigenvalue weighted by molar-refractivity contribution is 0.111. The third-order valence-corrected chi connectivity index (χ3v) is 4.61. The molecule has 25 heavy (non-hydrogen) atoms. The van der Waals surface area contributed by atoms with Gasteiger partial charge in [-0.1, -0.05) is 15.9 Å². The Morgan fingerprint density at radius 3 is 2.68 bits per heavy atom. The van der Waals surface area contributed by atoms with Gasteiger partial charge in [0.15, 0.2) is 6.29 Å². The highest BCUT2D eigenvalue weighted by atomic mass is 79.9. The predicted octanol–water partition coefficient (Wildman–Crippen LogP) is 5.02. The number of carbonyl (C=O) groups is 1. The molecule has 0 bridgehead atoms. The molecule has 1 aromatic heterocycles. The Bertz CT molecular complexity index is 867. The number of ether oxygens (including phenoxy) is 2. The monoisotopic (exact) mass is 421 g/mol. The van der Waals surface area contributed by atoms with Crippen LogP contribution in [0.3, 0.4) is 0 Å². The lowest BCUT2D eigenvalue weighted by atomic mass is 10.2. The minimum Gasteiger partial charge on any atom is -0.487 e. The van der Waals surface area contributed by atoms with Crippen LogP contribution in [0, 0.1) is 5.82 Å². The molecule has 0 aliphatic heterocycles. The van der Waals surface area contributed by atoms with Crippen molar-refractivity contribution in [3.8, 4) is 11.5 Å².